The molecule has 0 aliphatic heterocycles. The average Bonchev–Trinajstić information content (AvgIpc) is 2.26. The van der Waals surface area contributed by atoms with Crippen LogP contribution in [0.3, 0.4) is 0 Å². The van der Waals surface area contributed by atoms with Crippen LogP contribution in [0.25, 0.3) is 0 Å². The van der Waals surface area contributed by atoms with Gasteiger partial charge in [0.2, 0.25) is 0 Å². The molecule has 0 aromatic carbocycles. The second-order valence-corrected chi connectivity index (χ2v) is 7.11. The lowest BCUT2D eigenvalue weighted by atomic mass is 9.78. The normalized spacial score (nSPS) is 17.5. The van der Waals surface area contributed by atoms with Crippen LogP contribution in [0.1, 0.15) is 74.1 Å². The van der Waals surface area contributed by atoms with Gasteiger partial charge >= 0.3 is 0 Å². The molecule has 0 saturated carbocycles. The van der Waals surface area contributed by atoms with Crippen LogP contribution < -0.4 is 0 Å². The highest BCUT2D eigenvalue weighted by atomic mass is 16.5. The second kappa shape index (κ2) is 8.97. The molecule has 0 amide bonds. The summed E-state index contributed by atoms with van der Waals surface area (Å²) in [7, 11) is 0. The van der Waals surface area contributed by atoms with Gasteiger partial charge in [0.05, 0.1) is 11.7 Å². The standard InChI is InChI=1S/C17H36O2/c1-8-15(5)19-12-10-14(4)16(13(2)3)9-11-17(6,7)18/h13-16,18H,8-12H2,1-7H3. The fraction of sp³-hybridized carbons (Fsp3) is 1.00. The Morgan fingerprint density at radius 1 is 1.05 bits per heavy atom. The summed E-state index contributed by atoms with van der Waals surface area (Å²) >= 11 is 0. The largest absolute Gasteiger partial charge is 0.390 e. The molecule has 0 fully saturated rings. The summed E-state index contributed by atoms with van der Waals surface area (Å²) in [6.45, 7) is 15.9. The van der Waals surface area contributed by atoms with Crippen molar-refractivity contribution < 1.29 is 9.84 Å². The zero-order valence-electron chi connectivity index (χ0n) is 14.2. The van der Waals surface area contributed by atoms with E-state index in [0.717, 1.165) is 32.3 Å². The van der Waals surface area contributed by atoms with Crippen molar-refractivity contribution in [2.24, 2.45) is 17.8 Å². The van der Waals surface area contributed by atoms with Gasteiger partial charge in [0.15, 0.2) is 0 Å². The van der Waals surface area contributed by atoms with Gasteiger partial charge in [-0.25, -0.2) is 0 Å². The summed E-state index contributed by atoms with van der Waals surface area (Å²) in [5.74, 6) is 2.00. The summed E-state index contributed by atoms with van der Waals surface area (Å²) in [6.07, 6.45) is 4.57. The van der Waals surface area contributed by atoms with Crippen LogP contribution in [0.4, 0.5) is 0 Å². The molecule has 2 heteroatoms. The van der Waals surface area contributed by atoms with Crippen LogP contribution in [0, 0.1) is 17.8 Å². The molecule has 0 bridgehead atoms. The summed E-state index contributed by atoms with van der Waals surface area (Å²) in [6, 6.07) is 0. The van der Waals surface area contributed by atoms with Gasteiger partial charge in [-0.05, 0) is 64.2 Å². The van der Waals surface area contributed by atoms with Crippen LogP contribution in [0.15, 0.2) is 0 Å². The van der Waals surface area contributed by atoms with Gasteiger partial charge in [-0.2, -0.15) is 0 Å². The molecule has 2 nitrogen and oxygen atoms in total. The molecule has 1 N–H and O–H groups in total. The number of rotatable bonds is 10. The SMILES string of the molecule is CCC(C)OCCC(C)C(CCC(C)(C)O)C(C)C. The smallest absolute Gasteiger partial charge is 0.0591 e. The Balaban J connectivity index is 4.15. The summed E-state index contributed by atoms with van der Waals surface area (Å²) in [4.78, 5) is 0. The summed E-state index contributed by atoms with van der Waals surface area (Å²) < 4.78 is 5.79. The molecule has 0 aromatic heterocycles. The number of hydrogen-bond donors (Lipinski definition) is 1. The van der Waals surface area contributed by atoms with Gasteiger partial charge in [-0.1, -0.05) is 27.7 Å². The first-order chi connectivity index (χ1) is 8.67. The molecular weight excluding hydrogens is 236 g/mol. The van der Waals surface area contributed by atoms with E-state index in [2.05, 4.69) is 34.6 Å². The van der Waals surface area contributed by atoms with Crippen LogP contribution in [-0.2, 0) is 4.74 Å². The van der Waals surface area contributed by atoms with Crippen molar-refractivity contribution in [3.63, 3.8) is 0 Å². The van der Waals surface area contributed by atoms with Gasteiger partial charge in [0.25, 0.3) is 0 Å². The molecule has 3 unspecified atom stereocenters. The Morgan fingerprint density at radius 3 is 2.05 bits per heavy atom. The first kappa shape index (κ1) is 18.9. The van der Waals surface area contributed by atoms with Gasteiger partial charge in [0.1, 0.15) is 0 Å². The number of ether oxygens (including phenoxy) is 1. The van der Waals surface area contributed by atoms with E-state index in [-0.39, 0.29) is 0 Å². The molecule has 3 atom stereocenters. The van der Waals surface area contributed by atoms with E-state index < -0.39 is 5.60 Å². The van der Waals surface area contributed by atoms with E-state index in [0.29, 0.717) is 23.9 Å². The molecule has 19 heavy (non-hydrogen) atoms. The van der Waals surface area contributed by atoms with Crippen LogP contribution >= 0.6 is 0 Å². The van der Waals surface area contributed by atoms with E-state index in [1.807, 2.05) is 13.8 Å². The van der Waals surface area contributed by atoms with Gasteiger partial charge in [0, 0.05) is 6.61 Å². The van der Waals surface area contributed by atoms with Crippen LogP contribution in [-0.4, -0.2) is 23.4 Å². The molecule has 0 rings (SSSR count). The first-order valence-electron chi connectivity index (χ1n) is 8.01. The highest BCUT2D eigenvalue weighted by molar-refractivity contribution is 4.74. The second-order valence-electron chi connectivity index (χ2n) is 7.11. The molecule has 0 radical (unpaired) electrons. The van der Waals surface area contributed by atoms with Crippen molar-refractivity contribution in [1.82, 2.24) is 0 Å². The van der Waals surface area contributed by atoms with Crippen LogP contribution in [0.2, 0.25) is 0 Å². The average molecular weight is 272 g/mol. The summed E-state index contributed by atoms with van der Waals surface area (Å²) in [5.41, 5.74) is -0.542. The van der Waals surface area contributed by atoms with E-state index in [1.165, 1.54) is 0 Å². The Hall–Kier alpha value is -0.0800. The molecule has 0 aromatic rings. The predicted octanol–water partition coefficient (Wildman–Crippen LogP) is 4.65. The fourth-order valence-electron chi connectivity index (χ4n) is 2.58. The zero-order chi connectivity index (χ0) is 15.1. The Morgan fingerprint density at radius 2 is 1.63 bits per heavy atom. The maximum Gasteiger partial charge on any atom is 0.0591 e. The highest BCUT2D eigenvalue weighted by Gasteiger charge is 2.23. The number of aliphatic hydroxyl groups is 1. The van der Waals surface area contributed by atoms with E-state index >= 15 is 0 Å². The topological polar surface area (TPSA) is 29.5 Å². The lowest BCUT2D eigenvalue weighted by Gasteiger charge is -2.30. The molecular formula is C17H36O2. The molecule has 0 heterocycles. The predicted molar refractivity (Wildman–Crippen MR) is 83.3 cm³/mol. The minimum atomic E-state index is -0.542. The maximum atomic E-state index is 9.89. The maximum absolute atomic E-state index is 9.89. The monoisotopic (exact) mass is 272 g/mol. The molecule has 0 spiro atoms. The molecule has 0 aliphatic rings. The minimum absolute atomic E-state index is 0.376. The quantitative estimate of drug-likeness (QED) is 0.627. The Kier molecular flexibility index (Phi) is 8.93. The molecule has 0 aliphatic carbocycles. The van der Waals surface area contributed by atoms with Crippen molar-refractivity contribution in [1.29, 1.82) is 0 Å². The first-order valence-corrected chi connectivity index (χ1v) is 8.01. The van der Waals surface area contributed by atoms with E-state index in [4.69, 9.17) is 4.74 Å². The van der Waals surface area contributed by atoms with Crippen LogP contribution in [0.5, 0.6) is 0 Å². The lowest BCUT2D eigenvalue weighted by Crippen LogP contribution is -2.25. The van der Waals surface area contributed by atoms with Gasteiger partial charge in [-0.3, -0.25) is 0 Å². The van der Waals surface area contributed by atoms with Crippen molar-refractivity contribution in [3.05, 3.63) is 0 Å². The third kappa shape index (κ3) is 9.45. The fourth-order valence-corrected chi connectivity index (χ4v) is 2.58. The van der Waals surface area contributed by atoms with Crippen molar-refractivity contribution in [2.45, 2.75) is 85.9 Å². The molecule has 116 valence electrons. The van der Waals surface area contributed by atoms with E-state index in [9.17, 15) is 5.11 Å². The number of hydrogen-bond acceptors (Lipinski definition) is 2. The Labute approximate surface area is 120 Å². The minimum Gasteiger partial charge on any atom is -0.390 e. The van der Waals surface area contributed by atoms with Crippen molar-refractivity contribution in [3.8, 4) is 0 Å². The third-order valence-corrected chi connectivity index (χ3v) is 4.23. The van der Waals surface area contributed by atoms with Gasteiger partial charge < -0.3 is 9.84 Å². The van der Waals surface area contributed by atoms with E-state index in [1.54, 1.807) is 0 Å². The molecule has 0 saturated heterocycles. The lowest BCUT2D eigenvalue weighted by molar-refractivity contribution is 0.0377. The zero-order valence-corrected chi connectivity index (χ0v) is 14.2. The van der Waals surface area contributed by atoms with Crippen molar-refractivity contribution >= 4 is 0 Å². The van der Waals surface area contributed by atoms with Crippen molar-refractivity contribution in [2.75, 3.05) is 6.61 Å². The Bertz CT molecular complexity index is 218. The highest BCUT2D eigenvalue weighted by Crippen LogP contribution is 2.30. The summed E-state index contributed by atoms with van der Waals surface area (Å²) in [5, 5.41) is 9.89. The van der Waals surface area contributed by atoms with Gasteiger partial charge in [-0.15, -0.1) is 0 Å². The third-order valence-electron chi connectivity index (χ3n) is 4.23.